The fourth-order valence-corrected chi connectivity index (χ4v) is 3.91. The summed E-state index contributed by atoms with van der Waals surface area (Å²) in [7, 11) is 0. The van der Waals surface area contributed by atoms with Gasteiger partial charge in [0.2, 0.25) is 5.28 Å². The van der Waals surface area contributed by atoms with Crippen molar-refractivity contribution in [3.63, 3.8) is 0 Å². The van der Waals surface area contributed by atoms with E-state index in [2.05, 4.69) is 52.2 Å². The number of nitrogens with one attached hydrogen (secondary N) is 1. The molecule has 2 aromatic rings. The predicted molar refractivity (Wildman–Crippen MR) is 104 cm³/mol. The molecule has 0 atom stereocenters. The third-order valence-corrected chi connectivity index (χ3v) is 5.20. The second kappa shape index (κ2) is 8.08. The largest absolute Gasteiger partial charge is 0.367 e. The van der Waals surface area contributed by atoms with E-state index in [0.717, 1.165) is 30.3 Å². The average molecular weight is 363 g/mol. The number of hydrogen-bond donors (Lipinski definition) is 1. The van der Waals surface area contributed by atoms with Crippen LogP contribution in [0.15, 0.2) is 35.4 Å². The maximum atomic E-state index is 6.06. The Kier molecular flexibility index (Phi) is 5.85. The summed E-state index contributed by atoms with van der Waals surface area (Å²) in [5.74, 6) is 0.786. The number of anilines is 3. The molecule has 3 rings (SSSR count). The first-order valence-electron chi connectivity index (χ1n) is 8.43. The molecule has 1 aliphatic heterocycles. The van der Waals surface area contributed by atoms with Gasteiger partial charge in [-0.1, -0.05) is 26.0 Å². The molecule has 1 saturated heterocycles. The Hall–Kier alpha value is -1.46. The van der Waals surface area contributed by atoms with Gasteiger partial charge in [0.1, 0.15) is 0 Å². The van der Waals surface area contributed by atoms with Crippen molar-refractivity contribution in [2.45, 2.75) is 43.3 Å². The molecule has 1 aliphatic rings. The van der Waals surface area contributed by atoms with E-state index in [1.54, 1.807) is 0 Å². The Bertz CT molecular complexity index is 686. The summed E-state index contributed by atoms with van der Waals surface area (Å²) in [5.41, 5.74) is 2.09. The Labute approximate surface area is 153 Å². The number of hydrogen-bond acceptors (Lipinski definition) is 5. The van der Waals surface area contributed by atoms with Crippen LogP contribution in [0.5, 0.6) is 0 Å². The van der Waals surface area contributed by atoms with E-state index in [9.17, 15) is 0 Å². The van der Waals surface area contributed by atoms with Crippen molar-refractivity contribution in [1.82, 2.24) is 9.97 Å². The van der Waals surface area contributed by atoms with Crippen molar-refractivity contribution in [2.24, 2.45) is 0 Å². The van der Waals surface area contributed by atoms with Crippen LogP contribution < -0.4 is 10.2 Å². The highest BCUT2D eigenvalue weighted by atomic mass is 35.5. The van der Waals surface area contributed by atoms with Crippen LogP contribution in [0.2, 0.25) is 5.28 Å². The third-order valence-electron chi connectivity index (χ3n) is 3.94. The Balaban J connectivity index is 1.91. The standard InChI is InChI=1S/C18H23ClN4S/c1-13(2)24-16-9-5-4-8-14(16)21-17-15(12-20-18(19)22-17)23-10-6-3-7-11-23/h4-5,8-9,12-13H,3,6-7,10-11H2,1-2H3,(H,20,21,22). The number of piperidine rings is 1. The Morgan fingerprint density at radius 2 is 1.92 bits per heavy atom. The SMILES string of the molecule is CC(C)Sc1ccccc1Nc1nc(Cl)ncc1N1CCCCC1. The van der Waals surface area contributed by atoms with Gasteiger partial charge in [0.15, 0.2) is 5.82 Å². The summed E-state index contributed by atoms with van der Waals surface area (Å²) in [6, 6.07) is 8.32. The highest BCUT2D eigenvalue weighted by Gasteiger charge is 2.17. The van der Waals surface area contributed by atoms with Crippen LogP contribution in [0.3, 0.4) is 0 Å². The van der Waals surface area contributed by atoms with E-state index in [1.807, 2.05) is 24.0 Å². The van der Waals surface area contributed by atoms with Crippen molar-refractivity contribution < 1.29 is 0 Å². The van der Waals surface area contributed by atoms with Crippen LogP contribution in [-0.2, 0) is 0 Å². The fraction of sp³-hybridized carbons (Fsp3) is 0.444. The van der Waals surface area contributed by atoms with E-state index in [4.69, 9.17) is 11.6 Å². The van der Waals surface area contributed by atoms with Crippen LogP contribution in [0.25, 0.3) is 0 Å². The first-order chi connectivity index (χ1) is 11.6. The summed E-state index contributed by atoms with van der Waals surface area (Å²) in [6.07, 6.45) is 5.55. The van der Waals surface area contributed by atoms with E-state index >= 15 is 0 Å². The molecule has 0 radical (unpaired) electrons. The molecule has 0 saturated carbocycles. The smallest absolute Gasteiger partial charge is 0.224 e. The second-order valence-electron chi connectivity index (χ2n) is 6.21. The molecule has 0 unspecified atom stereocenters. The quantitative estimate of drug-likeness (QED) is 0.572. The molecule has 2 heterocycles. The van der Waals surface area contributed by atoms with Gasteiger partial charge < -0.3 is 10.2 Å². The van der Waals surface area contributed by atoms with Crippen LogP contribution >= 0.6 is 23.4 Å². The summed E-state index contributed by atoms with van der Waals surface area (Å²) in [4.78, 5) is 12.2. The first kappa shape index (κ1) is 17.4. The van der Waals surface area contributed by atoms with Gasteiger partial charge in [0.25, 0.3) is 0 Å². The number of nitrogens with zero attached hydrogens (tertiary/aromatic N) is 3. The van der Waals surface area contributed by atoms with Crippen LogP contribution in [0, 0.1) is 0 Å². The lowest BCUT2D eigenvalue weighted by molar-refractivity contribution is 0.577. The number of thioether (sulfide) groups is 1. The number of para-hydroxylation sites is 1. The van der Waals surface area contributed by atoms with Gasteiger partial charge in [-0.3, -0.25) is 0 Å². The van der Waals surface area contributed by atoms with Gasteiger partial charge in [0.05, 0.1) is 17.6 Å². The zero-order valence-corrected chi connectivity index (χ0v) is 15.7. The molecular formula is C18H23ClN4S. The second-order valence-corrected chi connectivity index (χ2v) is 8.16. The average Bonchev–Trinajstić information content (AvgIpc) is 2.57. The monoisotopic (exact) mass is 362 g/mol. The van der Waals surface area contributed by atoms with Gasteiger partial charge in [-0.25, -0.2) is 4.98 Å². The molecule has 0 bridgehead atoms. The Morgan fingerprint density at radius 3 is 2.67 bits per heavy atom. The predicted octanol–water partition coefficient (Wildman–Crippen LogP) is 5.36. The minimum Gasteiger partial charge on any atom is -0.367 e. The van der Waals surface area contributed by atoms with Crippen molar-refractivity contribution in [2.75, 3.05) is 23.3 Å². The maximum Gasteiger partial charge on any atom is 0.224 e. The van der Waals surface area contributed by atoms with Crippen LogP contribution in [-0.4, -0.2) is 28.3 Å². The summed E-state index contributed by atoms with van der Waals surface area (Å²) < 4.78 is 0. The van der Waals surface area contributed by atoms with Crippen molar-refractivity contribution >= 4 is 40.6 Å². The lowest BCUT2D eigenvalue weighted by Gasteiger charge is -2.30. The molecule has 6 heteroatoms. The first-order valence-corrected chi connectivity index (χ1v) is 9.69. The third kappa shape index (κ3) is 4.33. The molecule has 1 N–H and O–H groups in total. The molecule has 1 fully saturated rings. The molecule has 0 amide bonds. The summed E-state index contributed by atoms with van der Waals surface area (Å²) in [5, 5.41) is 4.27. The summed E-state index contributed by atoms with van der Waals surface area (Å²) >= 11 is 7.90. The molecule has 1 aromatic carbocycles. The Morgan fingerprint density at radius 1 is 1.17 bits per heavy atom. The zero-order chi connectivity index (χ0) is 16.9. The minimum absolute atomic E-state index is 0.271. The van der Waals surface area contributed by atoms with Crippen molar-refractivity contribution in [3.05, 3.63) is 35.7 Å². The van der Waals surface area contributed by atoms with Gasteiger partial charge in [0, 0.05) is 23.2 Å². The maximum absolute atomic E-state index is 6.06. The number of rotatable bonds is 5. The van der Waals surface area contributed by atoms with Gasteiger partial charge in [-0.2, -0.15) is 4.98 Å². The number of aromatic nitrogens is 2. The van der Waals surface area contributed by atoms with Gasteiger partial charge >= 0.3 is 0 Å². The normalized spacial score (nSPS) is 14.9. The molecule has 0 aliphatic carbocycles. The van der Waals surface area contributed by atoms with E-state index in [0.29, 0.717) is 5.25 Å². The zero-order valence-electron chi connectivity index (χ0n) is 14.1. The van der Waals surface area contributed by atoms with Crippen molar-refractivity contribution in [1.29, 1.82) is 0 Å². The summed E-state index contributed by atoms with van der Waals surface area (Å²) in [6.45, 7) is 6.48. The molecule has 1 aromatic heterocycles. The van der Waals surface area contributed by atoms with Gasteiger partial charge in [-0.15, -0.1) is 11.8 Å². The van der Waals surface area contributed by atoms with E-state index < -0.39 is 0 Å². The highest BCUT2D eigenvalue weighted by molar-refractivity contribution is 8.00. The molecule has 24 heavy (non-hydrogen) atoms. The van der Waals surface area contributed by atoms with Crippen molar-refractivity contribution in [3.8, 4) is 0 Å². The topological polar surface area (TPSA) is 41.1 Å². The van der Waals surface area contributed by atoms with Crippen LogP contribution in [0.4, 0.5) is 17.2 Å². The molecular weight excluding hydrogens is 340 g/mol. The lowest BCUT2D eigenvalue weighted by atomic mass is 10.1. The highest BCUT2D eigenvalue weighted by Crippen LogP contribution is 2.35. The lowest BCUT2D eigenvalue weighted by Crippen LogP contribution is -2.30. The molecule has 0 spiro atoms. The number of benzene rings is 1. The van der Waals surface area contributed by atoms with E-state index in [1.165, 1.54) is 24.2 Å². The molecule has 128 valence electrons. The van der Waals surface area contributed by atoms with Crippen LogP contribution in [0.1, 0.15) is 33.1 Å². The minimum atomic E-state index is 0.271. The molecule has 4 nitrogen and oxygen atoms in total. The van der Waals surface area contributed by atoms with Gasteiger partial charge in [-0.05, 0) is 43.0 Å². The number of halogens is 1. The fourth-order valence-electron chi connectivity index (χ4n) is 2.87. The van der Waals surface area contributed by atoms with E-state index in [-0.39, 0.29) is 5.28 Å².